The van der Waals surface area contributed by atoms with E-state index in [1.54, 1.807) is 0 Å². The second-order valence-electron chi connectivity index (χ2n) is 8.64. The highest BCUT2D eigenvalue weighted by Gasteiger charge is 2.23. The van der Waals surface area contributed by atoms with Crippen molar-refractivity contribution in [2.45, 2.75) is 96.2 Å². The third kappa shape index (κ3) is 18.0. The van der Waals surface area contributed by atoms with Crippen LogP contribution in [-0.2, 0) is 14.3 Å². The van der Waals surface area contributed by atoms with Crippen molar-refractivity contribution in [1.29, 1.82) is 0 Å². The number of esters is 1. The fourth-order valence-corrected chi connectivity index (χ4v) is 3.16. The molecule has 0 heterocycles. The number of ether oxygens (including phenoxy) is 1. The van der Waals surface area contributed by atoms with Gasteiger partial charge < -0.3 is 24.2 Å². The zero-order valence-corrected chi connectivity index (χ0v) is 17.9. The molecule has 1 N–H and O–H groups in total. The van der Waals surface area contributed by atoms with Gasteiger partial charge in [0.25, 0.3) is 0 Å². The summed E-state index contributed by atoms with van der Waals surface area (Å²) >= 11 is 0. The number of quaternary nitrogens is 1. The molecule has 0 saturated heterocycles. The number of aliphatic carboxylic acids is 1. The van der Waals surface area contributed by atoms with Gasteiger partial charge in [-0.2, -0.15) is 0 Å². The SMILES string of the molecule is CCCCCCCCCCCC(O)CC(=O)OC(CC(=O)[O-])C[N+](C)(C)C. The molecule has 0 rings (SSSR count). The molecule has 0 aromatic carbocycles. The zero-order chi connectivity index (χ0) is 20.7. The van der Waals surface area contributed by atoms with Gasteiger partial charge in [0.05, 0.1) is 33.7 Å². The smallest absolute Gasteiger partial charge is 0.308 e. The number of nitrogens with zero attached hydrogens (tertiary/aromatic N) is 1. The largest absolute Gasteiger partial charge is 0.550 e. The standard InChI is InChI=1S/C21H41NO5/c1-5-6-7-8-9-10-11-12-13-14-18(23)15-21(26)27-19(16-20(24)25)17-22(2,3)4/h18-19,23H,5-17H2,1-4H3. The van der Waals surface area contributed by atoms with E-state index >= 15 is 0 Å². The predicted octanol–water partition coefficient (Wildman–Crippen LogP) is 2.42. The van der Waals surface area contributed by atoms with Crippen LogP contribution < -0.4 is 5.11 Å². The summed E-state index contributed by atoms with van der Waals surface area (Å²) < 4.78 is 5.74. The molecule has 6 heteroatoms. The number of aliphatic hydroxyl groups excluding tert-OH is 1. The van der Waals surface area contributed by atoms with Crippen molar-refractivity contribution in [1.82, 2.24) is 0 Å². The van der Waals surface area contributed by atoms with E-state index in [9.17, 15) is 19.8 Å². The van der Waals surface area contributed by atoms with Crippen LogP contribution in [0.15, 0.2) is 0 Å². The van der Waals surface area contributed by atoms with E-state index in [4.69, 9.17) is 4.74 Å². The monoisotopic (exact) mass is 387 g/mol. The average Bonchev–Trinajstić information content (AvgIpc) is 2.50. The van der Waals surface area contributed by atoms with Crippen LogP contribution in [0.1, 0.15) is 84.0 Å². The number of hydrogen-bond acceptors (Lipinski definition) is 5. The van der Waals surface area contributed by atoms with Crippen LogP contribution in [0.4, 0.5) is 0 Å². The Hall–Kier alpha value is -1.14. The second kappa shape index (κ2) is 14.9. The van der Waals surface area contributed by atoms with E-state index in [0.29, 0.717) is 17.4 Å². The number of carboxylic acid groups (broad SMARTS) is 1. The fourth-order valence-electron chi connectivity index (χ4n) is 3.16. The van der Waals surface area contributed by atoms with Gasteiger partial charge >= 0.3 is 5.97 Å². The van der Waals surface area contributed by atoms with Gasteiger partial charge in [-0.3, -0.25) is 4.79 Å². The predicted molar refractivity (Wildman–Crippen MR) is 105 cm³/mol. The van der Waals surface area contributed by atoms with Crippen LogP contribution in [0, 0.1) is 0 Å². The maximum atomic E-state index is 12.0. The Bertz CT molecular complexity index is 406. The molecule has 0 saturated carbocycles. The molecular formula is C21H41NO5. The van der Waals surface area contributed by atoms with Crippen molar-refractivity contribution < 1.29 is 29.0 Å². The summed E-state index contributed by atoms with van der Waals surface area (Å²) in [6, 6.07) is 0. The molecule has 2 unspecified atom stereocenters. The first-order valence-electron chi connectivity index (χ1n) is 10.5. The molecule has 160 valence electrons. The number of carbonyl (C=O) groups is 2. The number of carbonyl (C=O) groups excluding carboxylic acids is 2. The maximum absolute atomic E-state index is 12.0. The molecule has 27 heavy (non-hydrogen) atoms. The Kier molecular flexibility index (Phi) is 14.2. The highest BCUT2D eigenvalue weighted by atomic mass is 16.5. The van der Waals surface area contributed by atoms with Gasteiger partial charge in [-0.15, -0.1) is 0 Å². The summed E-state index contributed by atoms with van der Waals surface area (Å²) in [4.78, 5) is 22.8. The summed E-state index contributed by atoms with van der Waals surface area (Å²) in [6.45, 7) is 2.60. The summed E-state index contributed by atoms with van der Waals surface area (Å²) in [6.07, 6.45) is 9.56. The highest BCUT2D eigenvalue weighted by Crippen LogP contribution is 2.13. The molecule has 6 nitrogen and oxygen atoms in total. The van der Waals surface area contributed by atoms with E-state index in [0.717, 1.165) is 12.8 Å². The molecule has 0 radical (unpaired) electrons. The first kappa shape index (κ1) is 25.9. The highest BCUT2D eigenvalue weighted by molar-refractivity contribution is 5.71. The Labute approximate surface area is 165 Å². The lowest BCUT2D eigenvalue weighted by molar-refractivity contribution is -0.873. The van der Waals surface area contributed by atoms with Gasteiger partial charge in [0, 0.05) is 12.4 Å². The minimum absolute atomic E-state index is 0.0856. The van der Waals surface area contributed by atoms with Gasteiger partial charge in [-0.05, 0) is 6.42 Å². The van der Waals surface area contributed by atoms with Crippen molar-refractivity contribution in [2.24, 2.45) is 0 Å². The molecule has 0 aromatic heterocycles. The number of rotatable bonds is 17. The minimum Gasteiger partial charge on any atom is -0.550 e. The number of carboxylic acids is 1. The summed E-state index contributed by atoms with van der Waals surface area (Å²) in [5, 5.41) is 20.9. The van der Waals surface area contributed by atoms with Crippen molar-refractivity contribution in [2.75, 3.05) is 27.7 Å². The lowest BCUT2D eigenvalue weighted by Gasteiger charge is -2.29. The van der Waals surface area contributed by atoms with E-state index in [-0.39, 0.29) is 12.8 Å². The summed E-state index contributed by atoms with van der Waals surface area (Å²) in [5.41, 5.74) is 0. The zero-order valence-electron chi connectivity index (χ0n) is 17.9. The fraction of sp³-hybridized carbons (Fsp3) is 0.905. The third-order valence-corrected chi connectivity index (χ3v) is 4.49. The van der Waals surface area contributed by atoms with Gasteiger partial charge in [0.1, 0.15) is 6.54 Å². The van der Waals surface area contributed by atoms with Gasteiger partial charge in [0.2, 0.25) is 0 Å². The Morgan fingerprint density at radius 2 is 1.44 bits per heavy atom. The van der Waals surface area contributed by atoms with E-state index in [2.05, 4.69) is 6.92 Å². The molecule has 0 aromatic rings. The van der Waals surface area contributed by atoms with Crippen LogP contribution in [0.5, 0.6) is 0 Å². The van der Waals surface area contributed by atoms with E-state index < -0.39 is 24.1 Å². The quantitative estimate of drug-likeness (QED) is 0.235. The Balaban J connectivity index is 3.93. The third-order valence-electron chi connectivity index (χ3n) is 4.49. The lowest BCUT2D eigenvalue weighted by Crippen LogP contribution is -2.45. The van der Waals surface area contributed by atoms with Crippen LogP contribution in [0.2, 0.25) is 0 Å². The molecule has 0 fully saturated rings. The van der Waals surface area contributed by atoms with Crippen LogP contribution in [-0.4, -0.2) is 61.4 Å². The molecule has 0 spiro atoms. The molecule has 0 aliphatic carbocycles. The molecule has 0 bridgehead atoms. The van der Waals surface area contributed by atoms with E-state index in [1.165, 1.54) is 44.9 Å². The molecule has 0 aliphatic heterocycles. The first-order chi connectivity index (χ1) is 12.6. The average molecular weight is 388 g/mol. The number of hydrogen-bond donors (Lipinski definition) is 1. The summed E-state index contributed by atoms with van der Waals surface area (Å²) in [5.74, 6) is -1.78. The molecule has 0 amide bonds. The molecule has 0 aliphatic rings. The Morgan fingerprint density at radius 1 is 0.926 bits per heavy atom. The normalized spacial score (nSPS) is 14.0. The van der Waals surface area contributed by atoms with Crippen molar-refractivity contribution >= 4 is 11.9 Å². The molecule has 2 atom stereocenters. The van der Waals surface area contributed by atoms with Crippen LogP contribution in [0.25, 0.3) is 0 Å². The van der Waals surface area contributed by atoms with Gasteiger partial charge in [0.15, 0.2) is 6.10 Å². The number of unbranched alkanes of at least 4 members (excludes halogenated alkanes) is 8. The first-order valence-corrected chi connectivity index (χ1v) is 10.5. The van der Waals surface area contributed by atoms with E-state index in [1.807, 2.05) is 21.1 Å². The Morgan fingerprint density at radius 3 is 1.93 bits per heavy atom. The summed E-state index contributed by atoms with van der Waals surface area (Å²) in [7, 11) is 5.69. The van der Waals surface area contributed by atoms with Crippen molar-refractivity contribution in [3.63, 3.8) is 0 Å². The van der Waals surface area contributed by atoms with Crippen molar-refractivity contribution in [3.8, 4) is 0 Å². The topological polar surface area (TPSA) is 86.7 Å². The lowest BCUT2D eigenvalue weighted by atomic mass is 10.0. The van der Waals surface area contributed by atoms with Crippen LogP contribution >= 0.6 is 0 Å². The van der Waals surface area contributed by atoms with Crippen LogP contribution in [0.3, 0.4) is 0 Å². The van der Waals surface area contributed by atoms with Gasteiger partial charge in [-0.25, -0.2) is 0 Å². The number of aliphatic hydroxyl groups is 1. The van der Waals surface area contributed by atoms with Crippen molar-refractivity contribution in [3.05, 3.63) is 0 Å². The second-order valence-corrected chi connectivity index (χ2v) is 8.64. The number of likely N-dealkylation sites (N-methyl/N-ethyl adjacent to an activating group) is 1. The maximum Gasteiger partial charge on any atom is 0.308 e. The molecular weight excluding hydrogens is 346 g/mol. The minimum atomic E-state index is -1.24. The van der Waals surface area contributed by atoms with Gasteiger partial charge in [-0.1, -0.05) is 64.7 Å².